The molecule has 1 aromatic rings. The van der Waals surface area contributed by atoms with Crippen LogP contribution in [0.25, 0.3) is 5.76 Å². The quantitative estimate of drug-likeness (QED) is 0.605. The van der Waals surface area contributed by atoms with Crippen molar-refractivity contribution in [3.8, 4) is 0 Å². The lowest BCUT2D eigenvalue weighted by Gasteiger charge is -2.06. The summed E-state index contributed by atoms with van der Waals surface area (Å²) < 4.78 is 0. The maximum absolute atomic E-state index is 9.32. The summed E-state index contributed by atoms with van der Waals surface area (Å²) in [5.41, 5.74) is 1.04. The number of rotatable bonds is 0. The van der Waals surface area contributed by atoms with Crippen LogP contribution < -0.4 is 0 Å². The van der Waals surface area contributed by atoms with Gasteiger partial charge in [-0.2, -0.15) is 0 Å². The average molecular weight is 152 g/mol. The summed E-state index contributed by atoms with van der Waals surface area (Å²) in [7, 11) is 0. The Labute approximate surface area is 63.6 Å². The molecule has 1 heterocycles. The summed E-state index contributed by atoms with van der Waals surface area (Å²) in [5, 5.41) is 11.3. The average Bonchev–Trinajstić information content (AvgIpc) is 2.36. The highest BCUT2D eigenvalue weighted by Crippen LogP contribution is 2.28. The van der Waals surface area contributed by atoms with E-state index < -0.39 is 0 Å². The minimum absolute atomic E-state index is 0.461. The number of fused-ring (bicyclic) bond motifs is 1. The van der Waals surface area contributed by atoms with E-state index in [2.05, 4.69) is 0 Å². The van der Waals surface area contributed by atoms with Crippen LogP contribution in [0.2, 0.25) is 0 Å². The number of aryl methyl sites for hydroxylation is 1. The molecule has 0 radical (unpaired) electrons. The van der Waals surface area contributed by atoms with E-state index in [1.54, 1.807) is 11.3 Å². The molecule has 1 aliphatic carbocycles. The van der Waals surface area contributed by atoms with Crippen molar-refractivity contribution in [1.29, 1.82) is 0 Å². The molecule has 0 unspecified atom stereocenters. The maximum Gasteiger partial charge on any atom is 0.119 e. The molecule has 0 spiro atoms. The van der Waals surface area contributed by atoms with Crippen molar-refractivity contribution < 1.29 is 5.11 Å². The van der Waals surface area contributed by atoms with Crippen molar-refractivity contribution in [3.63, 3.8) is 0 Å². The van der Waals surface area contributed by atoms with E-state index in [1.807, 2.05) is 17.5 Å². The second kappa shape index (κ2) is 2.13. The molecule has 0 bridgehead atoms. The Hall–Kier alpha value is -0.760. The van der Waals surface area contributed by atoms with Crippen LogP contribution in [-0.2, 0) is 6.42 Å². The number of hydrogen-bond acceptors (Lipinski definition) is 2. The molecule has 2 heteroatoms. The van der Waals surface area contributed by atoms with Gasteiger partial charge in [0.05, 0.1) is 0 Å². The lowest BCUT2D eigenvalue weighted by molar-refractivity contribution is 0.506. The van der Waals surface area contributed by atoms with E-state index in [9.17, 15) is 5.11 Å². The molecule has 0 aliphatic heterocycles. The second-order valence-electron chi connectivity index (χ2n) is 2.39. The normalized spacial score (nSPS) is 16.2. The molecule has 10 heavy (non-hydrogen) atoms. The standard InChI is InChI=1S/C8H8OS/c9-7-2-1-3-8-6(7)4-5-10-8/h2,4-5,9H,1,3H2. The molecule has 1 aromatic heterocycles. The van der Waals surface area contributed by atoms with Crippen molar-refractivity contribution in [1.82, 2.24) is 0 Å². The van der Waals surface area contributed by atoms with Gasteiger partial charge in [0.2, 0.25) is 0 Å². The van der Waals surface area contributed by atoms with E-state index in [4.69, 9.17) is 0 Å². The van der Waals surface area contributed by atoms with Crippen molar-refractivity contribution >= 4 is 17.1 Å². The maximum atomic E-state index is 9.32. The highest BCUT2D eigenvalue weighted by Gasteiger charge is 2.11. The molecular weight excluding hydrogens is 144 g/mol. The zero-order chi connectivity index (χ0) is 6.97. The van der Waals surface area contributed by atoms with Gasteiger partial charge in [-0.25, -0.2) is 0 Å². The summed E-state index contributed by atoms with van der Waals surface area (Å²) >= 11 is 1.73. The van der Waals surface area contributed by atoms with Gasteiger partial charge in [-0.1, -0.05) is 0 Å². The van der Waals surface area contributed by atoms with Gasteiger partial charge < -0.3 is 5.11 Å². The Morgan fingerprint density at radius 2 is 2.40 bits per heavy atom. The second-order valence-corrected chi connectivity index (χ2v) is 3.39. The number of aliphatic hydroxyl groups excluding tert-OH is 1. The Balaban J connectivity index is 2.55. The molecule has 0 atom stereocenters. The summed E-state index contributed by atoms with van der Waals surface area (Å²) in [5.74, 6) is 0.461. The Bertz CT molecular complexity index is 273. The minimum atomic E-state index is 0.461. The van der Waals surface area contributed by atoms with Gasteiger partial charge in [-0.3, -0.25) is 0 Å². The molecule has 1 N–H and O–H groups in total. The van der Waals surface area contributed by atoms with Gasteiger partial charge in [-0.15, -0.1) is 11.3 Å². The Kier molecular flexibility index (Phi) is 1.27. The van der Waals surface area contributed by atoms with Crippen molar-refractivity contribution in [3.05, 3.63) is 28.0 Å². The third-order valence-electron chi connectivity index (χ3n) is 1.73. The fourth-order valence-corrected chi connectivity index (χ4v) is 2.12. The molecule has 0 saturated carbocycles. The minimum Gasteiger partial charge on any atom is -0.508 e. The molecular formula is C8H8OS. The van der Waals surface area contributed by atoms with E-state index in [0.29, 0.717) is 5.76 Å². The van der Waals surface area contributed by atoms with Gasteiger partial charge in [-0.05, 0) is 30.4 Å². The predicted octanol–water partition coefficient (Wildman–Crippen LogP) is 2.59. The molecule has 0 saturated heterocycles. The fourth-order valence-electron chi connectivity index (χ4n) is 1.21. The zero-order valence-electron chi connectivity index (χ0n) is 5.50. The van der Waals surface area contributed by atoms with E-state index >= 15 is 0 Å². The summed E-state index contributed by atoms with van der Waals surface area (Å²) in [6.45, 7) is 0. The van der Waals surface area contributed by atoms with Crippen LogP contribution in [0.15, 0.2) is 17.5 Å². The first-order chi connectivity index (χ1) is 4.88. The summed E-state index contributed by atoms with van der Waals surface area (Å²) in [6.07, 6.45) is 3.96. The van der Waals surface area contributed by atoms with E-state index in [0.717, 1.165) is 18.4 Å². The molecule has 1 nitrogen and oxygen atoms in total. The van der Waals surface area contributed by atoms with Crippen molar-refractivity contribution in [2.75, 3.05) is 0 Å². The molecule has 0 amide bonds. The van der Waals surface area contributed by atoms with Gasteiger partial charge in [0.15, 0.2) is 0 Å². The predicted molar refractivity (Wildman–Crippen MR) is 43.2 cm³/mol. The van der Waals surface area contributed by atoms with Gasteiger partial charge >= 0.3 is 0 Å². The molecule has 2 rings (SSSR count). The first-order valence-corrected chi connectivity index (χ1v) is 4.22. The zero-order valence-corrected chi connectivity index (χ0v) is 6.32. The van der Waals surface area contributed by atoms with Crippen LogP contribution >= 0.6 is 11.3 Å². The first-order valence-electron chi connectivity index (χ1n) is 3.34. The Morgan fingerprint density at radius 3 is 3.20 bits per heavy atom. The lowest BCUT2D eigenvalue weighted by atomic mass is 10.1. The fraction of sp³-hybridized carbons (Fsp3) is 0.250. The number of allylic oxidation sites excluding steroid dienone is 1. The summed E-state index contributed by atoms with van der Waals surface area (Å²) in [6, 6.07) is 1.98. The van der Waals surface area contributed by atoms with E-state index in [1.165, 1.54) is 4.88 Å². The first kappa shape index (κ1) is 5.98. The largest absolute Gasteiger partial charge is 0.508 e. The molecule has 0 aromatic carbocycles. The molecule has 0 fully saturated rings. The number of thiophene rings is 1. The smallest absolute Gasteiger partial charge is 0.119 e. The molecule has 52 valence electrons. The van der Waals surface area contributed by atoms with Crippen LogP contribution in [0, 0.1) is 0 Å². The summed E-state index contributed by atoms with van der Waals surface area (Å²) in [4.78, 5) is 1.32. The number of hydrogen-bond donors (Lipinski definition) is 1. The number of aliphatic hydroxyl groups is 1. The third-order valence-corrected chi connectivity index (χ3v) is 2.71. The van der Waals surface area contributed by atoms with Crippen LogP contribution in [-0.4, -0.2) is 5.11 Å². The highest BCUT2D eigenvalue weighted by molar-refractivity contribution is 7.10. The monoisotopic (exact) mass is 152 g/mol. The highest BCUT2D eigenvalue weighted by atomic mass is 32.1. The van der Waals surface area contributed by atoms with Gasteiger partial charge in [0.1, 0.15) is 5.76 Å². The van der Waals surface area contributed by atoms with Gasteiger partial charge in [0.25, 0.3) is 0 Å². The van der Waals surface area contributed by atoms with Crippen LogP contribution in [0.1, 0.15) is 16.9 Å². The van der Waals surface area contributed by atoms with E-state index in [-0.39, 0.29) is 0 Å². The van der Waals surface area contributed by atoms with Gasteiger partial charge in [0, 0.05) is 10.4 Å². The molecule has 1 aliphatic rings. The third kappa shape index (κ3) is 0.762. The lowest BCUT2D eigenvalue weighted by Crippen LogP contribution is -1.93. The van der Waals surface area contributed by atoms with Crippen molar-refractivity contribution in [2.45, 2.75) is 12.8 Å². The van der Waals surface area contributed by atoms with Crippen LogP contribution in [0.3, 0.4) is 0 Å². The Morgan fingerprint density at radius 1 is 1.50 bits per heavy atom. The topological polar surface area (TPSA) is 20.2 Å². The van der Waals surface area contributed by atoms with Crippen LogP contribution in [0.4, 0.5) is 0 Å². The van der Waals surface area contributed by atoms with Crippen molar-refractivity contribution in [2.24, 2.45) is 0 Å². The van der Waals surface area contributed by atoms with Crippen LogP contribution in [0.5, 0.6) is 0 Å². The SMILES string of the molecule is OC1=CCCc2sccc21.